The van der Waals surface area contributed by atoms with Gasteiger partial charge in [0.2, 0.25) is 0 Å². The van der Waals surface area contributed by atoms with Gasteiger partial charge in [0.15, 0.2) is 0 Å². The summed E-state index contributed by atoms with van der Waals surface area (Å²) in [4.78, 5) is 39.5. The minimum absolute atomic E-state index is 0.0992. The molecule has 7 nitrogen and oxygen atoms in total. The number of rotatable bonds is 9. The van der Waals surface area contributed by atoms with E-state index in [4.69, 9.17) is 9.47 Å². The van der Waals surface area contributed by atoms with Gasteiger partial charge in [-0.1, -0.05) is 72.8 Å². The molecule has 1 N–H and O–H groups in total. The Kier molecular flexibility index (Phi) is 9.51. The van der Waals surface area contributed by atoms with Crippen LogP contribution in [0.25, 0.3) is 6.08 Å². The van der Waals surface area contributed by atoms with E-state index >= 15 is 0 Å². The normalized spacial score (nSPS) is 16.4. The molecule has 0 spiro atoms. The summed E-state index contributed by atoms with van der Waals surface area (Å²) in [5.41, 5.74) is 4.09. The van der Waals surface area contributed by atoms with Crippen molar-refractivity contribution in [3.05, 3.63) is 107 Å². The first kappa shape index (κ1) is 27.6. The molecule has 0 aromatic heterocycles. The molecule has 0 bridgehead atoms. The second-order valence-electron chi connectivity index (χ2n) is 9.45. The molecule has 3 aromatic rings. The summed E-state index contributed by atoms with van der Waals surface area (Å²) >= 11 is 0. The quantitative estimate of drug-likeness (QED) is 0.324. The van der Waals surface area contributed by atoms with Crippen molar-refractivity contribution in [2.75, 3.05) is 11.5 Å². The summed E-state index contributed by atoms with van der Waals surface area (Å²) in [5, 5.41) is 2.99. The van der Waals surface area contributed by atoms with Gasteiger partial charge < -0.3 is 19.7 Å². The zero-order valence-corrected chi connectivity index (χ0v) is 22.3. The molecule has 0 fully saturated rings. The topological polar surface area (TPSA) is 84.9 Å². The number of carbonyl (C=O) groups is 3. The van der Waals surface area contributed by atoms with Crippen molar-refractivity contribution < 1.29 is 23.9 Å². The Morgan fingerprint density at radius 3 is 2.41 bits per heavy atom. The van der Waals surface area contributed by atoms with Gasteiger partial charge >= 0.3 is 12.1 Å². The molecule has 7 heteroatoms. The molecule has 202 valence electrons. The van der Waals surface area contributed by atoms with Gasteiger partial charge in [-0.25, -0.2) is 4.79 Å². The molecule has 3 aromatic carbocycles. The van der Waals surface area contributed by atoms with Crippen molar-refractivity contribution in [2.24, 2.45) is 0 Å². The number of nitrogens with one attached hydrogen (secondary N) is 1. The second kappa shape index (κ2) is 13.4. The van der Waals surface area contributed by atoms with E-state index < -0.39 is 6.09 Å². The first-order chi connectivity index (χ1) is 19.0. The molecule has 0 unspecified atom stereocenters. The van der Waals surface area contributed by atoms with E-state index in [1.807, 2.05) is 97.9 Å². The average molecular weight is 527 g/mol. The third-order valence-electron chi connectivity index (χ3n) is 6.60. The van der Waals surface area contributed by atoms with Crippen molar-refractivity contribution in [1.82, 2.24) is 5.32 Å². The number of carbonyl (C=O) groups excluding carboxylic acids is 3. The number of anilines is 1. The largest absolute Gasteiger partial charge is 0.466 e. The van der Waals surface area contributed by atoms with E-state index in [-0.39, 0.29) is 30.6 Å². The lowest BCUT2D eigenvalue weighted by Gasteiger charge is -2.39. The molecular formula is C32H34N2O5. The van der Waals surface area contributed by atoms with Crippen LogP contribution < -0.4 is 10.2 Å². The Morgan fingerprint density at radius 2 is 1.67 bits per heavy atom. The molecule has 0 aliphatic carbocycles. The summed E-state index contributed by atoms with van der Waals surface area (Å²) in [6.45, 7) is 4.35. The maximum absolute atomic E-state index is 13.6. The maximum atomic E-state index is 13.6. The fourth-order valence-electron chi connectivity index (χ4n) is 4.70. The Bertz CT molecular complexity index is 1300. The number of para-hydroxylation sites is 1. The monoisotopic (exact) mass is 526 g/mol. The number of hydrogen-bond acceptors (Lipinski definition) is 5. The standard InChI is InChI=1S/C32H34N2O5/c1-3-38-30(35)16-10-7-11-24-17-19-26(20-18-24)31(36)34-23(2)21-28(27-14-8-9-15-29(27)34)33-32(37)39-22-25-12-5-4-6-13-25/h4-9,11-15,17-20,23,28H,3,10,16,21-22H2,1-2H3,(H,33,37)/t23-,28+/m0/s1. The van der Waals surface area contributed by atoms with Crippen molar-refractivity contribution in [2.45, 2.75) is 51.8 Å². The minimum Gasteiger partial charge on any atom is -0.466 e. The Hall–Kier alpha value is -4.39. The average Bonchev–Trinajstić information content (AvgIpc) is 2.95. The zero-order valence-electron chi connectivity index (χ0n) is 22.3. The summed E-state index contributed by atoms with van der Waals surface area (Å²) in [6.07, 6.45) is 4.86. The lowest BCUT2D eigenvalue weighted by molar-refractivity contribution is -0.143. The minimum atomic E-state index is -0.489. The van der Waals surface area contributed by atoms with Crippen molar-refractivity contribution in [3.8, 4) is 0 Å². The molecule has 39 heavy (non-hydrogen) atoms. The van der Waals surface area contributed by atoms with E-state index in [1.165, 1.54) is 0 Å². The van der Waals surface area contributed by atoms with Gasteiger partial charge in [-0.05, 0) is 61.6 Å². The highest BCUT2D eigenvalue weighted by Gasteiger charge is 2.35. The molecule has 0 saturated heterocycles. The van der Waals surface area contributed by atoms with E-state index in [9.17, 15) is 14.4 Å². The number of ether oxygens (including phenoxy) is 2. The van der Waals surface area contributed by atoms with Crippen LogP contribution in [0.3, 0.4) is 0 Å². The van der Waals surface area contributed by atoms with E-state index in [1.54, 1.807) is 11.8 Å². The van der Waals surface area contributed by atoms with Crippen molar-refractivity contribution >= 4 is 29.7 Å². The molecule has 0 radical (unpaired) electrons. The van der Waals surface area contributed by atoms with Crippen LogP contribution in [0, 0.1) is 0 Å². The Labute approximate surface area is 229 Å². The predicted molar refractivity (Wildman–Crippen MR) is 151 cm³/mol. The highest BCUT2D eigenvalue weighted by Crippen LogP contribution is 2.38. The molecule has 2 atom stereocenters. The molecule has 1 aliphatic heterocycles. The summed E-state index contributed by atoms with van der Waals surface area (Å²) < 4.78 is 10.4. The number of nitrogens with zero attached hydrogens (tertiary/aromatic N) is 1. The highest BCUT2D eigenvalue weighted by molar-refractivity contribution is 6.07. The Morgan fingerprint density at radius 1 is 0.949 bits per heavy atom. The van der Waals surface area contributed by atoms with Crippen LogP contribution in [0.2, 0.25) is 0 Å². The summed E-state index contributed by atoms with van der Waals surface area (Å²) in [5.74, 6) is -0.307. The van der Waals surface area contributed by atoms with Crippen LogP contribution in [0.15, 0.2) is 84.9 Å². The molecule has 0 saturated carbocycles. The SMILES string of the molecule is CCOC(=O)CCC=Cc1ccc(C(=O)N2c3ccccc3[C@H](NC(=O)OCc3ccccc3)C[C@@H]2C)cc1. The molecule has 4 rings (SSSR count). The van der Waals surface area contributed by atoms with Gasteiger partial charge in [-0.15, -0.1) is 0 Å². The van der Waals surface area contributed by atoms with Crippen LogP contribution in [0.5, 0.6) is 0 Å². The Balaban J connectivity index is 1.41. The zero-order chi connectivity index (χ0) is 27.6. The van der Waals surface area contributed by atoms with Gasteiger partial charge in [0.25, 0.3) is 5.91 Å². The number of fused-ring (bicyclic) bond motifs is 1. The van der Waals surface area contributed by atoms with Crippen LogP contribution >= 0.6 is 0 Å². The first-order valence-electron chi connectivity index (χ1n) is 13.3. The molecule has 1 aliphatic rings. The number of esters is 1. The van der Waals surface area contributed by atoms with E-state index in [0.717, 1.165) is 22.4 Å². The van der Waals surface area contributed by atoms with Crippen LogP contribution in [0.1, 0.15) is 66.2 Å². The molecule has 1 heterocycles. The van der Waals surface area contributed by atoms with Crippen LogP contribution in [0.4, 0.5) is 10.5 Å². The van der Waals surface area contributed by atoms with Gasteiger partial charge in [-0.2, -0.15) is 0 Å². The lowest BCUT2D eigenvalue weighted by atomic mass is 9.91. The van der Waals surface area contributed by atoms with Gasteiger partial charge in [0, 0.05) is 23.7 Å². The van der Waals surface area contributed by atoms with E-state index in [2.05, 4.69) is 5.32 Å². The number of alkyl carbamates (subject to hydrolysis) is 1. The van der Waals surface area contributed by atoms with Gasteiger partial charge in [-0.3, -0.25) is 9.59 Å². The number of amides is 2. The number of hydrogen-bond donors (Lipinski definition) is 1. The fraction of sp³-hybridized carbons (Fsp3) is 0.281. The first-order valence-corrected chi connectivity index (χ1v) is 13.3. The number of allylic oxidation sites excluding steroid dienone is 1. The van der Waals surface area contributed by atoms with Crippen molar-refractivity contribution in [1.29, 1.82) is 0 Å². The third-order valence-corrected chi connectivity index (χ3v) is 6.60. The predicted octanol–water partition coefficient (Wildman–Crippen LogP) is 6.45. The number of benzene rings is 3. The molecule has 2 amide bonds. The lowest BCUT2D eigenvalue weighted by Crippen LogP contribution is -2.46. The summed E-state index contributed by atoms with van der Waals surface area (Å²) in [6, 6.07) is 24.2. The third kappa shape index (κ3) is 7.35. The highest BCUT2D eigenvalue weighted by atomic mass is 16.5. The molecular weight excluding hydrogens is 492 g/mol. The second-order valence-corrected chi connectivity index (χ2v) is 9.45. The van der Waals surface area contributed by atoms with Gasteiger partial charge in [0.05, 0.1) is 12.6 Å². The maximum Gasteiger partial charge on any atom is 0.407 e. The van der Waals surface area contributed by atoms with Crippen molar-refractivity contribution in [3.63, 3.8) is 0 Å². The van der Waals surface area contributed by atoms with Crippen LogP contribution in [-0.2, 0) is 20.9 Å². The fourth-order valence-corrected chi connectivity index (χ4v) is 4.70. The smallest absolute Gasteiger partial charge is 0.407 e. The van der Waals surface area contributed by atoms with Gasteiger partial charge in [0.1, 0.15) is 6.61 Å². The summed E-state index contributed by atoms with van der Waals surface area (Å²) in [7, 11) is 0. The van der Waals surface area contributed by atoms with E-state index in [0.29, 0.717) is 31.4 Å². The van der Waals surface area contributed by atoms with Crippen LogP contribution in [-0.4, -0.2) is 30.6 Å².